The Balaban J connectivity index is 2.64. The summed E-state index contributed by atoms with van der Waals surface area (Å²) in [6.07, 6.45) is 1.39. The van der Waals surface area contributed by atoms with E-state index in [0.717, 1.165) is 24.4 Å². The summed E-state index contributed by atoms with van der Waals surface area (Å²) < 4.78 is 0. The van der Waals surface area contributed by atoms with Crippen LogP contribution in [0.1, 0.15) is 54.9 Å². The Kier molecular flexibility index (Phi) is 5.67. The molecule has 1 heterocycles. The van der Waals surface area contributed by atoms with Crippen molar-refractivity contribution in [3.63, 3.8) is 0 Å². The van der Waals surface area contributed by atoms with E-state index in [1.54, 1.807) is 0 Å². The highest BCUT2D eigenvalue weighted by molar-refractivity contribution is 4.89. The van der Waals surface area contributed by atoms with Gasteiger partial charge in [-0.3, -0.25) is 4.90 Å². The van der Waals surface area contributed by atoms with Crippen molar-refractivity contribution >= 4 is 0 Å². The fraction of sp³-hybridized carbons (Fsp3) is 1.00. The summed E-state index contributed by atoms with van der Waals surface area (Å²) in [6, 6.07) is 1.30. The lowest BCUT2D eigenvalue weighted by Crippen LogP contribution is -2.53. The molecule has 0 aromatic carbocycles. The van der Waals surface area contributed by atoms with Gasteiger partial charge in [-0.2, -0.15) is 0 Å². The Morgan fingerprint density at radius 1 is 1.28 bits per heavy atom. The summed E-state index contributed by atoms with van der Waals surface area (Å²) in [5.74, 6) is 1.68. The predicted molar refractivity (Wildman–Crippen MR) is 80.9 cm³/mol. The van der Waals surface area contributed by atoms with E-state index in [9.17, 15) is 0 Å². The van der Waals surface area contributed by atoms with Crippen LogP contribution in [0, 0.1) is 17.3 Å². The minimum absolute atomic E-state index is 0.334. The molecule has 2 nitrogen and oxygen atoms in total. The van der Waals surface area contributed by atoms with Gasteiger partial charge in [0.25, 0.3) is 0 Å². The van der Waals surface area contributed by atoms with Gasteiger partial charge in [0.15, 0.2) is 0 Å². The first-order chi connectivity index (χ1) is 8.27. The van der Waals surface area contributed by atoms with E-state index in [4.69, 9.17) is 0 Å². The van der Waals surface area contributed by atoms with Crippen LogP contribution in [0.4, 0.5) is 0 Å². The first-order valence-electron chi connectivity index (χ1n) is 7.75. The second-order valence-electron chi connectivity index (χ2n) is 7.26. The molecule has 1 rings (SSSR count). The smallest absolute Gasteiger partial charge is 0.0102 e. The molecule has 4 unspecified atom stereocenters. The molecule has 1 N–H and O–H groups in total. The SMILES string of the molecule is CCNC(C)C(C)(C)CN1CC(C)CC(C)C1C. The lowest BCUT2D eigenvalue weighted by molar-refractivity contribution is 0.0363. The van der Waals surface area contributed by atoms with Crippen LogP contribution >= 0.6 is 0 Å². The van der Waals surface area contributed by atoms with Gasteiger partial charge in [-0.15, -0.1) is 0 Å². The molecule has 0 radical (unpaired) electrons. The molecule has 0 aliphatic carbocycles. The normalized spacial score (nSPS) is 32.5. The average molecular weight is 254 g/mol. The Labute approximate surface area is 115 Å². The van der Waals surface area contributed by atoms with Crippen molar-refractivity contribution in [1.29, 1.82) is 0 Å². The van der Waals surface area contributed by atoms with Gasteiger partial charge in [-0.1, -0.05) is 34.6 Å². The van der Waals surface area contributed by atoms with Crippen molar-refractivity contribution < 1.29 is 0 Å². The van der Waals surface area contributed by atoms with Crippen LogP contribution in [0.25, 0.3) is 0 Å². The zero-order valence-corrected chi connectivity index (χ0v) is 13.6. The number of piperidine rings is 1. The van der Waals surface area contributed by atoms with Gasteiger partial charge < -0.3 is 5.32 Å². The van der Waals surface area contributed by atoms with E-state index in [1.165, 1.54) is 19.5 Å². The third kappa shape index (κ3) is 3.96. The summed E-state index contributed by atoms with van der Waals surface area (Å²) in [7, 11) is 0. The van der Waals surface area contributed by atoms with Gasteiger partial charge in [-0.25, -0.2) is 0 Å². The molecule has 0 spiro atoms. The number of hydrogen-bond donors (Lipinski definition) is 1. The Hall–Kier alpha value is -0.0800. The largest absolute Gasteiger partial charge is 0.314 e. The molecule has 4 atom stereocenters. The lowest BCUT2D eigenvalue weighted by atomic mass is 9.80. The molecule has 108 valence electrons. The molecule has 0 amide bonds. The highest BCUT2D eigenvalue weighted by atomic mass is 15.2. The first-order valence-corrected chi connectivity index (χ1v) is 7.75. The molecule has 0 bridgehead atoms. The summed E-state index contributed by atoms with van der Waals surface area (Å²) >= 11 is 0. The van der Waals surface area contributed by atoms with Crippen LogP contribution in [-0.4, -0.2) is 36.6 Å². The van der Waals surface area contributed by atoms with Gasteiger partial charge >= 0.3 is 0 Å². The quantitative estimate of drug-likeness (QED) is 0.809. The van der Waals surface area contributed by atoms with Crippen molar-refractivity contribution in [2.45, 2.75) is 67.0 Å². The molecule has 2 heteroatoms. The van der Waals surface area contributed by atoms with Gasteiger partial charge in [0.1, 0.15) is 0 Å². The van der Waals surface area contributed by atoms with Gasteiger partial charge in [-0.05, 0) is 44.1 Å². The molecular formula is C16H34N2. The summed E-state index contributed by atoms with van der Waals surface area (Å²) in [4.78, 5) is 2.71. The second kappa shape index (κ2) is 6.38. The number of nitrogens with one attached hydrogen (secondary N) is 1. The summed E-state index contributed by atoms with van der Waals surface area (Å²) in [6.45, 7) is 20.1. The van der Waals surface area contributed by atoms with Crippen LogP contribution < -0.4 is 5.32 Å². The summed E-state index contributed by atoms with van der Waals surface area (Å²) in [5, 5.41) is 3.59. The fourth-order valence-corrected chi connectivity index (χ4v) is 3.28. The van der Waals surface area contributed by atoms with E-state index in [1.807, 2.05) is 0 Å². The van der Waals surface area contributed by atoms with Crippen molar-refractivity contribution in [2.24, 2.45) is 17.3 Å². The second-order valence-corrected chi connectivity index (χ2v) is 7.26. The maximum absolute atomic E-state index is 3.59. The third-order valence-electron chi connectivity index (χ3n) is 5.01. The van der Waals surface area contributed by atoms with Crippen molar-refractivity contribution in [3.8, 4) is 0 Å². The first kappa shape index (κ1) is 16.0. The topological polar surface area (TPSA) is 15.3 Å². The Morgan fingerprint density at radius 2 is 1.89 bits per heavy atom. The standard InChI is InChI=1S/C16H34N2/c1-8-17-15(5)16(6,7)11-18-10-12(2)9-13(3)14(18)4/h12-15,17H,8-11H2,1-7H3. The maximum atomic E-state index is 3.59. The highest BCUT2D eigenvalue weighted by Gasteiger charge is 2.34. The zero-order valence-electron chi connectivity index (χ0n) is 13.6. The number of likely N-dealkylation sites (tertiary alicyclic amines) is 1. The van der Waals surface area contributed by atoms with E-state index in [0.29, 0.717) is 11.5 Å². The average Bonchev–Trinajstić information content (AvgIpc) is 2.25. The number of hydrogen-bond acceptors (Lipinski definition) is 2. The molecule has 1 aliphatic heterocycles. The van der Waals surface area contributed by atoms with E-state index in [2.05, 4.69) is 58.7 Å². The molecule has 1 saturated heterocycles. The highest BCUT2D eigenvalue weighted by Crippen LogP contribution is 2.31. The molecule has 0 aromatic heterocycles. The minimum atomic E-state index is 0.334. The predicted octanol–water partition coefficient (Wildman–Crippen LogP) is 3.38. The van der Waals surface area contributed by atoms with E-state index >= 15 is 0 Å². The van der Waals surface area contributed by atoms with Crippen molar-refractivity contribution in [3.05, 3.63) is 0 Å². The van der Waals surface area contributed by atoms with Crippen molar-refractivity contribution in [2.75, 3.05) is 19.6 Å². The molecule has 0 aromatic rings. The van der Waals surface area contributed by atoms with Crippen LogP contribution in [0.2, 0.25) is 0 Å². The molecule has 0 saturated carbocycles. The van der Waals surface area contributed by atoms with Crippen LogP contribution in [0.5, 0.6) is 0 Å². The molecular weight excluding hydrogens is 220 g/mol. The lowest BCUT2D eigenvalue weighted by Gasteiger charge is -2.46. The van der Waals surface area contributed by atoms with E-state index in [-0.39, 0.29) is 0 Å². The monoisotopic (exact) mass is 254 g/mol. The summed E-state index contributed by atoms with van der Waals surface area (Å²) in [5.41, 5.74) is 0.334. The maximum Gasteiger partial charge on any atom is 0.0102 e. The molecule has 18 heavy (non-hydrogen) atoms. The van der Waals surface area contributed by atoms with Crippen LogP contribution in [0.15, 0.2) is 0 Å². The number of nitrogens with zero attached hydrogens (tertiary/aromatic N) is 1. The Morgan fingerprint density at radius 3 is 2.44 bits per heavy atom. The zero-order chi connectivity index (χ0) is 13.9. The van der Waals surface area contributed by atoms with Gasteiger partial charge in [0, 0.05) is 25.2 Å². The van der Waals surface area contributed by atoms with E-state index < -0.39 is 0 Å². The minimum Gasteiger partial charge on any atom is -0.314 e. The van der Waals surface area contributed by atoms with Crippen LogP contribution in [-0.2, 0) is 0 Å². The van der Waals surface area contributed by atoms with Gasteiger partial charge in [0.2, 0.25) is 0 Å². The van der Waals surface area contributed by atoms with Gasteiger partial charge in [0.05, 0.1) is 0 Å². The van der Waals surface area contributed by atoms with Crippen molar-refractivity contribution in [1.82, 2.24) is 10.2 Å². The van der Waals surface area contributed by atoms with Crippen LogP contribution in [0.3, 0.4) is 0 Å². The molecule has 1 aliphatic rings. The Bertz CT molecular complexity index is 249. The fourth-order valence-electron chi connectivity index (χ4n) is 3.28. The molecule has 1 fully saturated rings. The number of rotatable bonds is 5. The third-order valence-corrected chi connectivity index (χ3v) is 5.01.